The molecule has 11 heteroatoms. The van der Waals surface area contributed by atoms with Gasteiger partial charge in [-0.15, -0.1) is 0 Å². The van der Waals surface area contributed by atoms with Crippen molar-refractivity contribution in [1.29, 1.82) is 0 Å². The molecule has 1 amide bonds. The summed E-state index contributed by atoms with van der Waals surface area (Å²) >= 11 is 3.38. The van der Waals surface area contributed by atoms with Crippen LogP contribution in [0.2, 0.25) is 0 Å². The standard InChI is InChI=1S/C23H22BrF3N6O/c1-4-32-19(16(24)11-29-32)12-28-22(34)18-10-21-30-17(9-20(23(25,26)27)33(21)31-18)15-7-5-14(6-8-15)13(2)3/h5-11,13H,4,12H2,1-3H3,(H,28,34). The van der Waals surface area contributed by atoms with Crippen LogP contribution in [0.3, 0.4) is 0 Å². The van der Waals surface area contributed by atoms with Crippen molar-refractivity contribution in [2.24, 2.45) is 0 Å². The molecule has 0 bridgehead atoms. The van der Waals surface area contributed by atoms with E-state index in [0.717, 1.165) is 21.8 Å². The highest BCUT2D eigenvalue weighted by molar-refractivity contribution is 9.10. The summed E-state index contributed by atoms with van der Waals surface area (Å²) in [6.45, 7) is 6.72. The maximum atomic E-state index is 13.9. The normalized spacial score (nSPS) is 12.0. The van der Waals surface area contributed by atoms with E-state index in [0.29, 0.717) is 22.5 Å². The number of benzene rings is 1. The first-order chi connectivity index (χ1) is 16.1. The number of hydrogen-bond donors (Lipinski definition) is 1. The van der Waals surface area contributed by atoms with Crippen molar-refractivity contribution in [2.45, 2.75) is 46.0 Å². The van der Waals surface area contributed by atoms with Gasteiger partial charge in [0.1, 0.15) is 0 Å². The highest BCUT2D eigenvalue weighted by Gasteiger charge is 2.35. The SMILES string of the molecule is CCn1ncc(Br)c1CNC(=O)c1cc2nc(-c3ccc(C(C)C)cc3)cc(C(F)(F)F)n2n1. The van der Waals surface area contributed by atoms with Crippen LogP contribution in [0.15, 0.2) is 47.1 Å². The number of alkyl halides is 3. The van der Waals surface area contributed by atoms with Crippen LogP contribution < -0.4 is 5.32 Å². The fraction of sp³-hybridized carbons (Fsp3) is 0.304. The summed E-state index contributed by atoms with van der Waals surface area (Å²) in [7, 11) is 0. The second kappa shape index (κ2) is 9.21. The summed E-state index contributed by atoms with van der Waals surface area (Å²) in [5.41, 5.74) is 1.26. The van der Waals surface area contributed by atoms with E-state index < -0.39 is 17.8 Å². The van der Waals surface area contributed by atoms with Gasteiger partial charge in [0, 0.05) is 18.2 Å². The largest absolute Gasteiger partial charge is 0.433 e. The second-order valence-corrected chi connectivity index (χ2v) is 8.89. The van der Waals surface area contributed by atoms with Crippen molar-refractivity contribution in [3.8, 4) is 11.3 Å². The van der Waals surface area contributed by atoms with Gasteiger partial charge in [-0.05, 0) is 40.4 Å². The van der Waals surface area contributed by atoms with E-state index in [2.05, 4.69) is 36.4 Å². The number of rotatable bonds is 6. The second-order valence-electron chi connectivity index (χ2n) is 8.04. The minimum atomic E-state index is -4.69. The van der Waals surface area contributed by atoms with E-state index in [1.807, 2.05) is 32.9 Å². The number of aryl methyl sites for hydroxylation is 1. The molecule has 0 unspecified atom stereocenters. The van der Waals surface area contributed by atoms with Gasteiger partial charge in [0.15, 0.2) is 17.0 Å². The van der Waals surface area contributed by atoms with Crippen LogP contribution in [0.4, 0.5) is 13.2 Å². The van der Waals surface area contributed by atoms with Crippen LogP contribution in [0.1, 0.15) is 54.1 Å². The number of nitrogens with one attached hydrogen (secondary N) is 1. The molecule has 34 heavy (non-hydrogen) atoms. The smallest absolute Gasteiger partial charge is 0.345 e. The Morgan fingerprint density at radius 3 is 2.50 bits per heavy atom. The number of nitrogens with zero attached hydrogens (tertiary/aromatic N) is 5. The molecule has 7 nitrogen and oxygen atoms in total. The monoisotopic (exact) mass is 534 g/mol. The average molecular weight is 535 g/mol. The van der Waals surface area contributed by atoms with E-state index in [1.165, 1.54) is 6.07 Å². The molecule has 0 atom stereocenters. The van der Waals surface area contributed by atoms with Crippen molar-refractivity contribution in [3.05, 3.63) is 69.7 Å². The molecule has 0 saturated heterocycles. The molecule has 0 spiro atoms. The maximum Gasteiger partial charge on any atom is 0.433 e. The van der Waals surface area contributed by atoms with Gasteiger partial charge in [0.05, 0.1) is 28.6 Å². The fourth-order valence-corrected chi connectivity index (χ4v) is 4.00. The molecule has 1 aromatic carbocycles. The summed E-state index contributed by atoms with van der Waals surface area (Å²) in [6, 6.07) is 9.42. The quantitative estimate of drug-likeness (QED) is 0.357. The Hall–Kier alpha value is -3.21. The third kappa shape index (κ3) is 4.70. The van der Waals surface area contributed by atoms with E-state index in [9.17, 15) is 18.0 Å². The number of fused-ring (bicyclic) bond motifs is 1. The van der Waals surface area contributed by atoms with Crippen LogP contribution >= 0.6 is 15.9 Å². The van der Waals surface area contributed by atoms with E-state index in [4.69, 9.17) is 0 Å². The number of carbonyl (C=O) groups is 1. The molecule has 4 aromatic rings. The lowest BCUT2D eigenvalue weighted by Gasteiger charge is -2.12. The van der Waals surface area contributed by atoms with Gasteiger partial charge in [0.25, 0.3) is 5.91 Å². The van der Waals surface area contributed by atoms with Gasteiger partial charge in [-0.2, -0.15) is 23.4 Å². The molecule has 4 rings (SSSR count). The van der Waals surface area contributed by atoms with Crippen LogP contribution in [-0.2, 0) is 19.3 Å². The Labute approximate surface area is 202 Å². The number of amides is 1. The Morgan fingerprint density at radius 2 is 1.88 bits per heavy atom. The Morgan fingerprint density at radius 1 is 1.18 bits per heavy atom. The predicted octanol–water partition coefficient (Wildman–Crippen LogP) is 5.45. The minimum Gasteiger partial charge on any atom is -0.345 e. The zero-order chi connectivity index (χ0) is 24.6. The molecule has 0 saturated carbocycles. The summed E-state index contributed by atoms with van der Waals surface area (Å²) in [5, 5.41) is 10.8. The van der Waals surface area contributed by atoms with Crippen LogP contribution in [0.5, 0.6) is 0 Å². The molecule has 0 aliphatic heterocycles. The van der Waals surface area contributed by atoms with Gasteiger partial charge >= 0.3 is 6.18 Å². The first-order valence-electron chi connectivity index (χ1n) is 10.6. The fourth-order valence-electron chi connectivity index (χ4n) is 3.56. The molecule has 0 aliphatic carbocycles. The maximum absolute atomic E-state index is 13.9. The molecule has 0 aliphatic rings. The van der Waals surface area contributed by atoms with Gasteiger partial charge in [-0.1, -0.05) is 38.1 Å². The van der Waals surface area contributed by atoms with Crippen LogP contribution in [-0.4, -0.2) is 30.3 Å². The van der Waals surface area contributed by atoms with Gasteiger partial charge in [-0.25, -0.2) is 9.50 Å². The lowest BCUT2D eigenvalue weighted by molar-refractivity contribution is -0.142. The number of hydrogen-bond acceptors (Lipinski definition) is 4. The number of aromatic nitrogens is 5. The number of halogens is 4. The third-order valence-corrected chi connectivity index (χ3v) is 6.10. The molecule has 1 N–H and O–H groups in total. The van der Waals surface area contributed by atoms with Crippen molar-refractivity contribution >= 4 is 27.5 Å². The third-order valence-electron chi connectivity index (χ3n) is 5.44. The lowest BCUT2D eigenvalue weighted by atomic mass is 10.0. The van der Waals surface area contributed by atoms with E-state index in [1.54, 1.807) is 23.0 Å². The first kappa shape index (κ1) is 23.9. The minimum absolute atomic E-state index is 0.0670. The topological polar surface area (TPSA) is 77.1 Å². The molecule has 3 heterocycles. The lowest BCUT2D eigenvalue weighted by Crippen LogP contribution is -2.25. The van der Waals surface area contributed by atoms with Gasteiger partial charge in [-0.3, -0.25) is 9.48 Å². The first-order valence-corrected chi connectivity index (χ1v) is 11.4. The van der Waals surface area contributed by atoms with Crippen molar-refractivity contribution < 1.29 is 18.0 Å². The molecule has 0 radical (unpaired) electrons. The molecular weight excluding hydrogens is 513 g/mol. The summed E-state index contributed by atoms with van der Waals surface area (Å²) in [6.07, 6.45) is -3.07. The zero-order valence-electron chi connectivity index (χ0n) is 18.7. The Bertz CT molecular complexity index is 1340. The van der Waals surface area contributed by atoms with Crippen LogP contribution in [0, 0.1) is 0 Å². The summed E-state index contributed by atoms with van der Waals surface area (Å²) in [5.74, 6) is -0.320. The molecule has 0 fully saturated rings. The molecule has 3 aromatic heterocycles. The Balaban J connectivity index is 1.69. The molecular formula is C23H22BrF3N6O. The highest BCUT2D eigenvalue weighted by Crippen LogP contribution is 2.32. The van der Waals surface area contributed by atoms with Crippen molar-refractivity contribution in [3.63, 3.8) is 0 Å². The van der Waals surface area contributed by atoms with Crippen molar-refractivity contribution in [1.82, 2.24) is 29.7 Å². The summed E-state index contributed by atoms with van der Waals surface area (Å²) in [4.78, 5) is 17.0. The molecule has 178 valence electrons. The van der Waals surface area contributed by atoms with Gasteiger partial charge in [0.2, 0.25) is 0 Å². The predicted molar refractivity (Wildman–Crippen MR) is 124 cm³/mol. The average Bonchev–Trinajstić information content (AvgIpc) is 3.39. The van der Waals surface area contributed by atoms with Gasteiger partial charge < -0.3 is 5.32 Å². The van der Waals surface area contributed by atoms with Crippen LogP contribution in [0.25, 0.3) is 16.9 Å². The number of carbonyl (C=O) groups excluding carboxylic acids is 1. The van der Waals surface area contributed by atoms with E-state index in [-0.39, 0.29) is 23.6 Å². The Kier molecular flexibility index (Phi) is 6.48. The van der Waals surface area contributed by atoms with Crippen molar-refractivity contribution in [2.75, 3.05) is 0 Å². The summed E-state index contributed by atoms with van der Waals surface area (Å²) < 4.78 is 44.6. The zero-order valence-corrected chi connectivity index (χ0v) is 20.3. The van der Waals surface area contributed by atoms with E-state index >= 15 is 0 Å². The highest BCUT2D eigenvalue weighted by atomic mass is 79.9.